The quantitative estimate of drug-likeness (QED) is 0.333. The molecule has 0 bridgehead atoms. The molecule has 0 unspecified atom stereocenters. The highest BCUT2D eigenvalue weighted by atomic mass is 35.5. The molecule has 192 valence electrons. The molecule has 0 spiro atoms. The highest BCUT2D eigenvalue weighted by Crippen LogP contribution is 2.48. The summed E-state index contributed by atoms with van der Waals surface area (Å²) < 4.78 is 15.5. The van der Waals surface area contributed by atoms with Crippen molar-refractivity contribution in [3.8, 4) is 16.9 Å². The first-order valence-electron chi connectivity index (χ1n) is 12.4. The summed E-state index contributed by atoms with van der Waals surface area (Å²) >= 11 is 8.09. The summed E-state index contributed by atoms with van der Waals surface area (Å²) in [5, 5.41) is 8.13. The van der Waals surface area contributed by atoms with Gasteiger partial charge in [-0.25, -0.2) is 9.07 Å². The zero-order valence-corrected chi connectivity index (χ0v) is 21.9. The van der Waals surface area contributed by atoms with E-state index < -0.39 is 0 Å². The fourth-order valence-corrected chi connectivity index (χ4v) is 6.08. The molecule has 3 aromatic carbocycles. The number of halogens is 2. The van der Waals surface area contributed by atoms with Crippen LogP contribution in [0.5, 0.6) is 0 Å². The van der Waals surface area contributed by atoms with E-state index in [1.54, 1.807) is 22.9 Å². The van der Waals surface area contributed by atoms with E-state index in [4.69, 9.17) is 16.7 Å². The van der Waals surface area contributed by atoms with Crippen LogP contribution in [0.1, 0.15) is 29.2 Å². The maximum Gasteiger partial charge on any atom is 0.240 e. The highest BCUT2D eigenvalue weighted by molar-refractivity contribution is 8.00. The molecule has 6 rings (SSSR count). The van der Waals surface area contributed by atoms with Crippen LogP contribution in [0.25, 0.3) is 16.9 Å². The fourth-order valence-electron chi connectivity index (χ4n) is 4.67. The minimum atomic E-state index is -0.336. The van der Waals surface area contributed by atoms with E-state index in [1.807, 2.05) is 48.5 Å². The van der Waals surface area contributed by atoms with E-state index in [9.17, 15) is 14.0 Å². The minimum Gasteiger partial charge on any atom is -0.352 e. The molecule has 2 aliphatic rings. The predicted octanol–water partition coefficient (Wildman–Crippen LogP) is 5.78. The number of hydrogen-bond acceptors (Lipinski definition) is 4. The number of para-hydroxylation sites is 1. The van der Waals surface area contributed by atoms with Gasteiger partial charge >= 0.3 is 0 Å². The lowest BCUT2D eigenvalue weighted by Gasteiger charge is -2.23. The monoisotopic (exact) mass is 546 g/mol. The van der Waals surface area contributed by atoms with Gasteiger partial charge in [-0.15, -0.1) is 11.8 Å². The van der Waals surface area contributed by atoms with Gasteiger partial charge in [-0.05, 0) is 42.7 Å². The van der Waals surface area contributed by atoms with E-state index >= 15 is 0 Å². The van der Waals surface area contributed by atoms with Crippen molar-refractivity contribution in [1.29, 1.82) is 0 Å². The zero-order valence-electron chi connectivity index (χ0n) is 20.3. The van der Waals surface area contributed by atoms with Crippen LogP contribution in [-0.4, -0.2) is 39.9 Å². The second kappa shape index (κ2) is 10.3. The third-order valence-electron chi connectivity index (χ3n) is 6.63. The van der Waals surface area contributed by atoms with E-state index in [1.165, 1.54) is 28.8 Å². The smallest absolute Gasteiger partial charge is 0.240 e. The van der Waals surface area contributed by atoms with Crippen LogP contribution in [0.4, 0.5) is 10.2 Å². The first-order chi connectivity index (χ1) is 18.5. The average Bonchev–Trinajstić information content (AvgIpc) is 3.68. The van der Waals surface area contributed by atoms with Gasteiger partial charge in [0.1, 0.15) is 18.2 Å². The van der Waals surface area contributed by atoms with Gasteiger partial charge in [0.25, 0.3) is 0 Å². The van der Waals surface area contributed by atoms with Gasteiger partial charge in [0.2, 0.25) is 11.8 Å². The average molecular weight is 547 g/mol. The molecular weight excluding hydrogens is 523 g/mol. The van der Waals surface area contributed by atoms with Crippen molar-refractivity contribution >= 4 is 41.0 Å². The van der Waals surface area contributed by atoms with Crippen molar-refractivity contribution in [2.45, 2.75) is 24.1 Å². The van der Waals surface area contributed by atoms with Crippen LogP contribution >= 0.6 is 23.4 Å². The number of hydrogen-bond donors (Lipinski definition) is 1. The van der Waals surface area contributed by atoms with Gasteiger partial charge in [0.05, 0.1) is 27.4 Å². The molecule has 38 heavy (non-hydrogen) atoms. The molecule has 1 aliphatic carbocycles. The third-order valence-corrected chi connectivity index (χ3v) is 8.21. The van der Waals surface area contributed by atoms with E-state index in [-0.39, 0.29) is 41.2 Å². The molecule has 0 radical (unpaired) electrons. The van der Waals surface area contributed by atoms with Gasteiger partial charge in [-0.1, -0.05) is 66.2 Å². The molecule has 4 aromatic rings. The summed E-state index contributed by atoms with van der Waals surface area (Å²) in [6.45, 7) is -0.136. The Kier molecular flexibility index (Phi) is 6.68. The Bertz CT molecular complexity index is 1510. The Labute approximate surface area is 228 Å². The molecule has 1 saturated carbocycles. The zero-order chi connectivity index (χ0) is 26.2. The Morgan fingerprint density at radius 1 is 1.03 bits per heavy atom. The van der Waals surface area contributed by atoms with Crippen molar-refractivity contribution < 1.29 is 14.0 Å². The molecule has 6 nitrogen and oxygen atoms in total. The van der Waals surface area contributed by atoms with Crippen molar-refractivity contribution in [3.05, 3.63) is 101 Å². The number of carbonyl (C=O) groups excluding carboxylic acids is 2. The first-order valence-corrected chi connectivity index (χ1v) is 13.8. The Morgan fingerprint density at radius 2 is 1.74 bits per heavy atom. The van der Waals surface area contributed by atoms with Gasteiger partial charge in [0, 0.05) is 17.2 Å². The number of carbonyl (C=O) groups is 2. The maximum absolute atomic E-state index is 13.9. The predicted molar refractivity (Wildman–Crippen MR) is 148 cm³/mol. The lowest BCUT2D eigenvalue weighted by molar-refractivity contribution is -0.123. The maximum atomic E-state index is 13.9. The second-order valence-corrected chi connectivity index (χ2v) is 10.9. The summed E-state index contributed by atoms with van der Waals surface area (Å²) in [6.07, 6.45) is 1.90. The number of anilines is 1. The molecule has 1 fully saturated rings. The minimum absolute atomic E-state index is 0.136. The largest absolute Gasteiger partial charge is 0.352 e. The fraction of sp³-hybridized carbons (Fsp3) is 0.207. The van der Waals surface area contributed by atoms with Crippen LogP contribution < -0.4 is 10.2 Å². The van der Waals surface area contributed by atoms with Gasteiger partial charge in [-0.2, -0.15) is 5.10 Å². The Balaban J connectivity index is 1.61. The van der Waals surface area contributed by atoms with Crippen molar-refractivity contribution in [2.75, 3.05) is 17.2 Å². The summed E-state index contributed by atoms with van der Waals surface area (Å²) in [6, 6.07) is 23.5. The molecule has 0 saturated heterocycles. The summed E-state index contributed by atoms with van der Waals surface area (Å²) in [5.74, 6) is -0.126. The Morgan fingerprint density at radius 3 is 2.45 bits per heavy atom. The number of aromatic nitrogens is 2. The molecule has 2 heterocycles. The number of thioether (sulfide) groups is 1. The number of benzene rings is 3. The molecule has 1 atom stereocenters. The highest BCUT2D eigenvalue weighted by Gasteiger charge is 2.38. The second-order valence-electron chi connectivity index (χ2n) is 9.38. The van der Waals surface area contributed by atoms with Crippen molar-refractivity contribution in [1.82, 2.24) is 15.1 Å². The normalized spacial score (nSPS) is 17.2. The summed E-state index contributed by atoms with van der Waals surface area (Å²) in [7, 11) is 0. The molecule has 1 N–H and O–H groups in total. The van der Waals surface area contributed by atoms with Crippen molar-refractivity contribution in [3.63, 3.8) is 0 Å². The topological polar surface area (TPSA) is 67.2 Å². The number of fused-ring (bicyclic) bond motifs is 1. The van der Waals surface area contributed by atoms with Gasteiger partial charge in [0.15, 0.2) is 0 Å². The van der Waals surface area contributed by atoms with Crippen LogP contribution in [0, 0.1) is 5.82 Å². The number of rotatable bonds is 6. The lowest BCUT2D eigenvalue weighted by Crippen LogP contribution is -2.43. The molecular formula is C29H24ClFN4O2S. The van der Waals surface area contributed by atoms with Crippen LogP contribution in [-0.2, 0) is 9.59 Å². The first kappa shape index (κ1) is 24.7. The number of nitrogens with zero attached hydrogens (tertiary/aromatic N) is 3. The lowest BCUT2D eigenvalue weighted by atomic mass is 9.99. The summed E-state index contributed by atoms with van der Waals surface area (Å²) in [5.41, 5.74) is 3.74. The van der Waals surface area contributed by atoms with E-state index in [0.717, 1.165) is 29.5 Å². The van der Waals surface area contributed by atoms with Gasteiger partial charge in [-0.3, -0.25) is 14.5 Å². The molecule has 1 aliphatic heterocycles. The van der Waals surface area contributed by atoms with Crippen molar-refractivity contribution in [2.24, 2.45) is 0 Å². The van der Waals surface area contributed by atoms with E-state index in [2.05, 4.69) is 5.32 Å². The van der Waals surface area contributed by atoms with E-state index in [0.29, 0.717) is 22.2 Å². The molecule has 1 aromatic heterocycles. The van der Waals surface area contributed by atoms with Crippen LogP contribution in [0.15, 0.2) is 78.9 Å². The number of amides is 2. The SMILES string of the molecule is O=C(CN1C(=O)CS[C@H](c2ccc(F)cc2)c2c(-c3ccccc3)nn(-c3ccccc3Cl)c21)NC1CC1. The summed E-state index contributed by atoms with van der Waals surface area (Å²) in [4.78, 5) is 28.2. The molecule has 9 heteroatoms. The van der Waals surface area contributed by atoms with Crippen LogP contribution in [0.2, 0.25) is 5.02 Å². The molecule has 2 amide bonds. The third kappa shape index (κ3) is 4.81. The number of nitrogens with one attached hydrogen (secondary N) is 1. The van der Waals surface area contributed by atoms with Crippen LogP contribution in [0.3, 0.4) is 0 Å². The standard InChI is InChI=1S/C29H24ClFN4O2S/c30-22-8-4-5-9-23(22)35-29-26(27(33-35)18-6-2-1-3-7-18)28(19-10-12-20(31)13-11-19)38-17-25(37)34(29)16-24(36)32-21-14-15-21/h1-13,21,28H,14-17H2,(H,32,36)/t28-/m1/s1. The van der Waals surface area contributed by atoms with Gasteiger partial charge < -0.3 is 5.32 Å². The Hall–Kier alpha value is -3.62.